The monoisotopic (exact) mass is 276 g/mol. The number of rotatable bonds is 3. The molecule has 21 heavy (non-hydrogen) atoms. The van der Waals surface area contributed by atoms with Crippen LogP contribution in [-0.2, 0) is 11.2 Å². The van der Waals surface area contributed by atoms with Gasteiger partial charge in [-0.05, 0) is 17.7 Å². The van der Waals surface area contributed by atoms with E-state index in [2.05, 4.69) is 0 Å². The Morgan fingerprint density at radius 2 is 1.81 bits per heavy atom. The predicted molar refractivity (Wildman–Crippen MR) is 81.9 cm³/mol. The quantitative estimate of drug-likeness (QED) is 0.689. The first kappa shape index (κ1) is 13.1. The molecule has 3 aromatic rings. The average molecular weight is 276 g/mol. The van der Waals surface area contributed by atoms with Crippen molar-refractivity contribution in [2.75, 3.05) is 0 Å². The second-order valence-electron chi connectivity index (χ2n) is 4.65. The van der Waals surface area contributed by atoms with Gasteiger partial charge in [0, 0.05) is 24.1 Å². The Kier molecular flexibility index (Phi) is 3.50. The number of carbonyl (C=O) groups excluding carboxylic acids is 1. The molecular weight excluding hydrogens is 264 g/mol. The largest absolute Gasteiger partial charge is 0.456 e. The molecule has 0 radical (unpaired) electrons. The summed E-state index contributed by atoms with van der Waals surface area (Å²) in [7, 11) is 0. The molecule has 0 saturated heterocycles. The summed E-state index contributed by atoms with van der Waals surface area (Å²) >= 11 is 0. The second kappa shape index (κ2) is 5.61. The van der Waals surface area contributed by atoms with Gasteiger partial charge in [0.15, 0.2) is 5.43 Å². The molecule has 0 fully saturated rings. The standard InChI is InChI=1S/C18H12O3/c19-11-5-7-13-6-1-2-8-14(13)18-12-16(20)15-9-3-4-10-17(15)21-18/h1-6,8-10,12H,7H2. The molecule has 1 heterocycles. The molecule has 0 aliphatic carbocycles. The normalized spacial score (nSPS) is 10.3. The molecule has 0 aliphatic rings. The minimum atomic E-state index is -0.0763. The lowest BCUT2D eigenvalue weighted by Crippen LogP contribution is -2.00. The summed E-state index contributed by atoms with van der Waals surface area (Å²) in [4.78, 5) is 22.6. The zero-order valence-corrected chi connectivity index (χ0v) is 11.2. The first-order valence-electron chi connectivity index (χ1n) is 6.60. The van der Waals surface area contributed by atoms with Gasteiger partial charge in [-0.2, -0.15) is 0 Å². The molecular formula is C18H12O3. The van der Waals surface area contributed by atoms with Crippen molar-refractivity contribution in [2.24, 2.45) is 0 Å². The number of allylic oxidation sites excluding steroid dienone is 1. The van der Waals surface area contributed by atoms with Crippen molar-refractivity contribution in [3.63, 3.8) is 0 Å². The van der Waals surface area contributed by atoms with E-state index in [0.717, 1.165) is 11.1 Å². The first-order valence-corrected chi connectivity index (χ1v) is 6.60. The molecule has 0 amide bonds. The minimum absolute atomic E-state index is 0.0763. The van der Waals surface area contributed by atoms with Gasteiger partial charge in [0.1, 0.15) is 17.3 Å². The third kappa shape index (κ3) is 2.55. The molecule has 0 aliphatic heterocycles. The molecule has 3 nitrogen and oxygen atoms in total. The van der Waals surface area contributed by atoms with Crippen LogP contribution < -0.4 is 5.43 Å². The molecule has 0 saturated carbocycles. The minimum Gasteiger partial charge on any atom is -0.456 e. The van der Waals surface area contributed by atoms with Crippen molar-refractivity contribution < 1.29 is 9.21 Å². The van der Waals surface area contributed by atoms with E-state index in [1.165, 1.54) is 12.1 Å². The van der Waals surface area contributed by atoms with Crippen LogP contribution in [0.3, 0.4) is 0 Å². The molecule has 3 rings (SSSR count). The Morgan fingerprint density at radius 1 is 1.05 bits per heavy atom. The van der Waals surface area contributed by atoms with Crippen LogP contribution in [0, 0.1) is 0 Å². The van der Waals surface area contributed by atoms with Crippen LogP contribution in [0.2, 0.25) is 0 Å². The number of fused-ring (bicyclic) bond motifs is 1. The highest BCUT2D eigenvalue weighted by atomic mass is 16.3. The van der Waals surface area contributed by atoms with Crippen LogP contribution in [0.5, 0.6) is 0 Å². The van der Waals surface area contributed by atoms with E-state index in [1.807, 2.05) is 36.4 Å². The zero-order chi connectivity index (χ0) is 14.7. The maximum Gasteiger partial charge on any atom is 0.193 e. The fraction of sp³-hybridized carbons (Fsp3) is 0.0556. The van der Waals surface area contributed by atoms with Gasteiger partial charge >= 0.3 is 0 Å². The third-order valence-corrected chi connectivity index (χ3v) is 3.32. The predicted octanol–water partition coefficient (Wildman–Crippen LogP) is 3.39. The van der Waals surface area contributed by atoms with Crippen LogP contribution in [0.4, 0.5) is 0 Å². The fourth-order valence-electron chi connectivity index (χ4n) is 2.33. The van der Waals surface area contributed by atoms with E-state index in [4.69, 9.17) is 4.42 Å². The number of para-hydroxylation sites is 1. The van der Waals surface area contributed by atoms with E-state index >= 15 is 0 Å². The van der Waals surface area contributed by atoms with Gasteiger partial charge < -0.3 is 4.42 Å². The van der Waals surface area contributed by atoms with Gasteiger partial charge in [0.05, 0.1) is 5.39 Å². The molecule has 0 bridgehead atoms. The Hall–Kier alpha value is -2.90. The molecule has 2 aromatic carbocycles. The van der Waals surface area contributed by atoms with E-state index in [-0.39, 0.29) is 5.43 Å². The highest BCUT2D eigenvalue weighted by Crippen LogP contribution is 2.25. The molecule has 0 spiro atoms. The lowest BCUT2D eigenvalue weighted by atomic mass is 10.0. The second-order valence-corrected chi connectivity index (χ2v) is 4.65. The Bertz CT molecular complexity index is 899. The third-order valence-electron chi connectivity index (χ3n) is 3.32. The summed E-state index contributed by atoms with van der Waals surface area (Å²) in [6, 6.07) is 16.2. The molecule has 0 N–H and O–H groups in total. The van der Waals surface area contributed by atoms with Gasteiger partial charge in [-0.25, -0.2) is 4.79 Å². The Labute approximate surface area is 121 Å². The summed E-state index contributed by atoms with van der Waals surface area (Å²) in [5.41, 5.74) is 2.21. The van der Waals surface area contributed by atoms with E-state index in [9.17, 15) is 9.59 Å². The van der Waals surface area contributed by atoms with Gasteiger partial charge in [0.2, 0.25) is 0 Å². The topological polar surface area (TPSA) is 47.3 Å². The molecule has 102 valence electrons. The zero-order valence-electron chi connectivity index (χ0n) is 11.2. The van der Waals surface area contributed by atoms with E-state index < -0.39 is 0 Å². The van der Waals surface area contributed by atoms with Crippen molar-refractivity contribution in [1.82, 2.24) is 0 Å². The van der Waals surface area contributed by atoms with E-state index in [0.29, 0.717) is 23.2 Å². The Balaban J connectivity index is 2.21. The van der Waals surface area contributed by atoms with Gasteiger partial charge in [-0.3, -0.25) is 4.79 Å². The summed E-state index contributed by atoms with van der Waals surface area (Å²) < 4.78 is 5.84. The average Bonchev–Trinajstić information content (AvgIpc) is 2.53. The SMILES string of the molecule is O=C=CCc1ccccc1-c1cc(=O)c2ccccc2o1. The highest BCUT2D eigenvalue weighted by molar-refractivity contribution is 5.79. The maximum absolute atomic E-state index is 12.2. The molecule has 0 atom stereocenters. The highest BCUT2D eigenvalue weighted by Gasteiger charge is 2.09. The molecule has 3 heteroatoms. The number of hydrogen-bond acceptors (Lipinski definition) is 3. The maximum atomic E-state index is 12.2. The van der Waals surface area contributed by atoms with Gasteiger partial charge in [-0.1, -0.05) is 36.4 Å². The van der Waals surface area contributed by atoms with Crippen molar-refractivity contribution in [2.45, 2.75) is 6.42 Å². The number of hydrogen-bond donors (Lipinski definition) is 0. The van der Waals surface area contributed by atoms with Crippen LogP contribution in [0.1, 0.15) is 5.56 Å². The van der Waals surface area contributed by atoms with Crippen molar-refractivity contribution in [3.05, 3.63) is 76.5 Å². The van der Waals surface area contributed by atoms with Gasteiger partial charge in [-0.15, -0.1) is 0 Å². The van der Waals surface area contributed by atoms with Crippen LogP contribution in [-0.4, -0.2) is 5.94 Å². The van der Waals surface area contributed by atoms with Gasteiger partial charge in [0.25, 0.3) is 0 Å². The van der Waals surface area contributed by atoms with Crippen LogP contribution in [0.15, 0.2) is 69.9 Å². The van der Waals surface area contributed by atoms with Crippen molar-refractivity contribution >= 4 is 16.9 Å². The summed E-state index contributed by atoms with van der Waals surface area (Å²) in [6.07, 6.45) is 1.87. The number of benzene rings is 2. The summed E-state index contributed by atoms with van der Waals surface area (Å²) in [5.74, 6) is 2.28. The smallest absolute Gasteiger partial charge is 0.193 e. The summed E-state index contributed by atoms with van der Waals surface area (Å²) in [5, 5.41) is 0.562. The van der Waals surface area contributed by atoms with Crippen LogP contribution >= 0.6 is 0 Å². The first-order chi connectivity index (χ1) is 10.3. The van der Waals surface area contributed by atoms with E-state index in [1.54, 1.807) is 18.1 Å². The summed E-state index contributed by atoms with van der Waals surface area (Å²) in [6.45, 7) is 0. The fourth-order valence-corrected chi connectivity index (χ4v) is 2.33. The van der Waals surface area contributed by atoms with Crippen molar-refractivity contribution in [3.8, 4) is 11.3 Å². The Morgan fingerprint density at radius 3 is 2.67 bits per heavy atom. The molecule has 0 unspecified atom stereocenters. The molecule has 1 aromatic heterocycles. The lowest BCUT2D eigenvalue weighted by Gasteiger charge is -2.07. The van der Waals surface area contributed by atoms with Crippen LogP contribution in [0.25, 0.3) is 22.3 Å². The van der Waals surface area contributed by atoms with Crippen molar-refractivity contribution in [1.29, 1.82) is 0 Å². The lowest BCUT2D eigenvalue weighted by molar-refractivity contribution is 0.568.